The highest BCUT2D eigenvalue weighted by atomic mass is 15.2. The molecule has 96 valence electrons. The van der Waals surface area contributed by atoms with Gasteiger partial charge in [0.2, 0.25) is 0 Å². The van der Waals surface area contributed by atoms with Crippen LogP contribution in [0.1, 0.15) is 43.6 Å². The molecule has 0 bridgehead atoms. The Morgan fingerprint density at radius 2 is 2.00 bits per heavy atom. The van der Waals surface area contributed by atoms with Crippen molar-refractivity contribution < 1.29 is 0 Å². The molecule has 2 heterocycles. The Balaban J connectivity index is 2.14. The van der Waals surface area contributed by atoms with E-state index in [0.717, 1.165) is 39.1 Å². The van der Waals surface area contributed by atoms with Gasteiger partial charge in [-0.3, -0.25) is 10.00 Å². The molecule has 0 aliphatic carbocycles. The molecule has 0 saturated carbocycles. The predicted octanol–water partition coefficient (Wildman–Crippen LogP) is 1.50. The molecule has 1 fully saturated rings. The summed E-state index contributed by atoms with van der Waals surface area (Å²) >= 11 is 0. The lowest BCUT2D eigenvalue weighted by Gasteiger charge is -2.27. The molecule has 1 aromatic rings. The van der Waals surface area contributed by atoms with Gasteiger partial charge in [0, 0.05) is 44.0 Å². The number of aryl methyl sites for hydroxylation is 1. The molecule has 0 aromatic carbocycles. The molecule has 0 amide bonds. The topological polar surface area (TPSA) is 44.0 Å². The highest BCUT2D eigenvalue weighted by molar-refractivity contribution is 5.27. The van der Waals surface area contributed by atoms with E-state index in [1.165, 1.54) is 17.0 Å². The Labute approximate surface area is 104 Å². The second-order valence-electron chi connectivity index (χ2n) is 5.10. The van der Waals surface area contributed by atoms with E-state index in [1.54, 1.807) is 0 Å². The smallest absolute Gasteiger partial charge is 0.0695 e. The Morgan fingerprint density at radius 1 is 1.29 bits per heavy atom. The van der Waals surface area contributed by atoms with E-state index >= 15 is 0 Å². The lowest BCUT2D eigenvalue weighted by atomic mass is 10.0. The first-order valence-corrected chi connectivity index (χ1v) is 6.71. The van der Waals surface area contributed by atoms with Crippen molar-refractivity contribution in [2.45, 2.75) is 39.7 Å². The summed E-state index contributed by atoms with van der Waals surface area (Å²) in [5, 5.41) is 11.1. The summed E-state index contributed by atoms with van der Waals surface area (Å²) in [5.74, 6) is 0.504. The van der Waals surface area contributed by atoms with Crippen LogP contribution in [0.4, 0.5) is 0 Å². The molecule has 4 heteroatoms. The molecular weight excluding hydrogens is 212 g/mol. The summed E-state index contributed by atoms with van der Waals surface area (Å²) in [6.07, 6.45) is 1.04. The van der Waals surface area contributed by atoms with Gasteiger partial charge in [-0.1, -0.05) is 20.8 Å². The monoisotopic (exact) mass is 236 g/mol. The molecule has 0 spiro atoms. The van der Waals surface area contributed by atoms with Crippen LogP contribution in [-0.4, -0.2) is 41.3 Å². The van der Waals surface area contributed by atoms with Crippen LogP contribution in [-0.2, 0) is 13.0 Å². The van der Waals surface area contributed by atoms with Crippen molar-refractivity contribution in [3.63, 3.8) is 0 Å². The van der Waals surface area contributed by atoms with E-state index in [1.807, 2.05) is 0 Å². The van der Waals surface area contributed by atoms with Crippen molar-refractivity contribution in [3.8, 4) is 0 Å². The minimum atomic E-state index is 0.504. The summed E-state index contributed by atoms with van der Waals surface area (Å²) in [7, 11) is 0. The zero-order chi connectivity index (χ0) is 12.3. The molecule has 4 nitrogen and oxygen atoms in total. The van der Waals surface area contributed by atoms with Crippen LogP contribution in [0.15, 0.2) is 0 Å². The maximum atomic E-state index is 4.48. The van der Waals surface area contributed by atoms with Gasteiger partial charge in [-0.2, -0.15) is 5.10 Å². The van der Waals surface area contributed by atoms with Gasteiger partial charge in [-0.25, -0.2) is 0 Å². The Bertz CT molecular complexity index is 350. The van der Waals surface area contributed by atoms with Gasteiger partial charge in [0.05, 0.1) is 5.69 Å². The SMILES string of the molecule is CCc1[nH]nc(C(C)C)c1CN1CCNCC1. The maximum Gasteiger partial charge on any atom is 0.0695 e. The third kappa shape index (κ3) is 2.87. The molecule has 2 rings (SSSR count). The molecule has 0 radical (unpaired) electrons. The number of H-pyrrole nitrogens is 1. The van der Waals surface area contributed by atoms with E-state index in [4.69, 9.17) is 0 Å². The average Bonchev–Trinajstić information content (AvgIpc) is 2.73. The van der Waals surface area contributed by atoms with Crippen molar-refractivity contribution in [2.24, 2.45) is 0 Å². The van der Waals surface area contributed by atoms with Gasteiger partial charge in [0.1, 0.15) is 0 Å². The number of hydrogen-bond donors (Lipinski definition) is 2. The third-order valence-electron chi connectivity index (χ3n) is 3.48. The van der Waals surface area contributed by atoms with Crippen LogP contribution in [0.25, 0.3) is 0 Å². The summed E-state index contributed by atoms with van der Waals surface area (Å²) < 4.78 is 0. The van der Waals surface area contributed by atoms with Crippen LogP contribution in [0, 0.1) is 0 Å². The average molecular weight is 236 g/mol. The minimum absolute atomic E-state index is 0.504. The first kappa shape index (κ1) is 12.6. The van der Waals surface area contributed by atoms with Crippen molar-refractivity contribution in [1.29, 1.82) is 0 Å². The van der Waals surface area contributed by atoms with Gasteiger partial charge in [0.15, 0.2) is 0 Å². The first-order chi connectivity index (χ1) is 8.22. The molecule has 17 heavy (non-hydrogen) atoms. The van der Waals surface area contributed by atoms with Crippen LogP contribution < -0.4 is 5.32 Å². The predicted molar refractivity (Wildman–Crippen MR) is 70.2 cm³/mol. The summed E-state index contributed by atoms with van der Waals surface area (Å²) in [6.45, 7) is 12.2. The number of aromatic nitrogens is 2. The Morgan fingerprint density at radius 3 is 2.59 bits per heavy atom. The highest BCUT2D eigenvalue weighted by Gasteiger charge is 2.18. The molecular formula is C13H24N4. The quantitative estimate of drug-likeness (QED) is 0.832. The standard InChI is InChI=1S/C13H24N4/c1-4-12-11(13(10(2)3)16-15-12)9-17-7-5-14-6-8-17/h10,14H,4-9H2,1-3H3,(H,15,16). The van der Waals surface area contributed by atoms with E-state index in [-0.39, 0.29) is 0 Å². The van der Waals surface area contributed by atoms with Crippen molar-refractivity contribution in [1.82, 2.24) is 20.4 Å². The number of rotatable bonds is 4. The number of nitrogens with zero attached hydrogens (tertiary/aromatic N) is 2. The summed E-state index contributed by atoms with van der Waals surface area (Å²) in [5.41, 5.74) is 4.00. The zero-order valence-electron chi connectivity index (χ0n) is 11.2. The fraction of sp³-hybridized carbons (Fsp3) is 0.769. The third-order valence-corrected chi connectivity index (χ3v) is 3.48. The Hall–Kier alpha value is -0.870. The van der Waals surface area contributed by atoms with Crippen molar-refractivity contribution >= 4 is 0 Å². The number of hydrogen-bond acceptors (Lipinski definition) is 3. The fourth-order valence-electron chi connectivity index (χ4n) is 2.46. The summed E-state index contributed by atoms with van der Waals surface area (Å²) in [4.78, 5) is 2.52. The van der Waals surface area contributed by atoms with Crippen LogP contribution in [0.2, 0.25) is 0 Å². The van der Waals surface area contributed by atoms with Crippen molar-refractivity contribution in [2.75, 3.05) is 26.2 Å². The van der Waals surface area contributed by atoms with E-state index in [0.29, 0.717) is 5.92 Å². The minimum Gasteiger partial charge on any atom is -0.314 e. The Kier molecular flexibility index (Phi) is 4.18. The zero-order valence-corrected chi connectivity index (χ0v) is 11.2. The molecule has 1 aliphatic heterocycles. The van der Waals surface area contributed by atoms with Crippen LogP contribution in [0.5, 0.6) is 0 Å². The van der Waals surface area contributed by atoms with Crippen LogP contribution in [0.3, 0.4) is 0 Å². The van der Waals surface area contributed by atoms with E-state index in [2.05, 4.69) is 41.2 Å². The lowest BCUT2D eigenvalue weighted by molar-refractivity contribution is 0.232. The number of aromatic amines is 1. The molecule has 0 unspecified atom stereocenters. The van der Waals surface area contributed by atoms with Crippen LogP contribution >= 0.6 is 0 Å². The maximum absolute atomic E-state index is 4.48. The van der Waals surface area contributed by atoms with Gasteiger partial charge in [-0.05, 0) is 12.3 Å². The van der Waals surface area contributed by atoms with Gasteiger partial charge in [0.25, 0.3) is 0 Å². The normalized spacial score (nSPS) is 17.9. The fourth-order valence-corrected chi connectivity index (χ4v) is 2.46. The second kappa shape index (κ2) is 5.65. The summed E-state index contributed by atoms with van der Waals surface area (Å²) in [6, 6.07) is 0. The number of nitrogens with one attached hydrogen (secondary N) is 2. The molecule has 1 aliphatic rings. The lowest BCUT2D eigenvalue weighted by Crippen LogP contribution is -2.43. The van der Waals surface area contributed by atoms with E-state index in [9.17, 15) is 0 Å². The van der Waals surface area contributed by atoms with Gasteiger partial charge in [-0.15, -0.1) is 0 Å². The van der Waals surface area contributed by atoms with Gasteiger partial charge < -0.3 is 5.32 Å². The molecule has 1 saturated heterocycles. The molecule has 0 atom stereocenters. The highest BCUT2D eigenvalue weighted by Crippen LogP contribution is 2.22. The second-order valence-corrected chi connectivity index (χ2v) is 5.10. The molecule has 2 N–H and O–H groups in total. The van der Waals surface area contributed by atoms with Gasteiger partial charge >= 0.3 is 0 Å². The first-order valence-electron chi connectivity index (χ1n) is 6.71. The molecule has 1 aromatic heterocycles. The van der Waals surface area contributed by atoms with E-state index < -0.39 is 0 Å². The van der Waals surface area contributed by atoms with Crippen molar-refractivity contribution in [3.05, 3.63) is 17.0 Å². The number of piperazine rings is 1. The largest absolute Gasteiger partial charge is 0.314 e.